The van der Waals surface area contributed by atoms with Crippen molar-refractivity contribution in [2.45, 2.75) is 13.5 Å². The fourth-order valence-electron chi connectivity index (χ4n) is 2.04. The van der Waals surface area contributed by atoms with Gasteiger partial charge < -0.3 is 14.7 Å². The Bertz CT molecular complexity index is 414. The molecule has 1 aromatic rings. The van der Waals surface area contributed by atoms with Gasteiger partial charge in [0.2, 0.25) is 0 Å². The Labute approximate surface area is 112 Å². The Morgan fingerprint density at radius 3 is 2.68 bits per heavy atom. The van der Waals surface area contributed by atoms with Crippen molar-refractivity contribution in [3.8, 4) is 5.75 Å². The van der Waals surface area contributed by atoms with Crippen LogP contribution in [0.2, 0.25) is 0 Å². The normalized spacial score (nSPS) is 16.4. The molecule has 1 saturated heterocycles. The molecule has 0 spiro atoms. The van der Waals surface area contributed by atoms with Gasteiger partial charge in [-0.15, -0.1) is 0 Å². The van der Waals surface area contributed by atoms with Crippen molar-refractivity contribution in [3.05, 3.63) is 24.0 Å². The van der Waals surface area contributed by atoms with E-state index in [9.17, 15) is 9.90 Å². The minimum Gasteiger partial charge on any atom is -0.506 e. The molecule has 6 nitrogen and oxygen atoms in total. The fraction of sp³-hybridized carbons (Fsp3) is 0.538. The van der Waals surface area contributed by atoms with Crippen LogP contribution >= 0.6 is 0 Å². The molecule has 6 heteroatoms. The van der Waals surface area contributed by atoms with E-state index in [-0.39, 0.29) is 11.8 Å². The van der Waals surface area contributed by atoms with Gasteiger partial charge in [-0.05, 0) is 19.1 Å². The molecule has 0 aromatic carbocycles. The predicted molar refractivity (Wildman–Crippen MR) is 69.8 cm³/mol. The van der Waals surface area contributed by atoms with Gasteiger partial charge in [-0.1, -0.05) is 0 Å². The van der Waals surface area contributed by atoms with Crippen molar-refractivity contribution < 1.29 is 14.6 Å². The van der Waals surface area contributed by atoms with Crippen LogP contribution in [-0.4, -0.2) is 58.8 Å². The number of aromatic hydroxyl groups is 1. The molecule has 1 aliphatic heterocycles. The molecule has 19 heavy (non-hydrogen) atoms. The summed E-state index contributed by atoms with van der Waals surface area (Å²) in [5, 5.41) is 9.17. The first-order valence-electron chi connectivity index (χ1n) is 6.47. The minimum absolute atomic E-state index is 0.177. The van der Waals surface area contributed by atoms with Gasteiger partial charge in [0.15, 0.2) is 0 Å². The Balaban J connectivity index is 1.80. The maximum atomic E-state index is 11.5. The number of hydrogen-bond donors (Lipinski definition) is 1. The lowest BCUT2D eigenvalue weighted by molar-refractivity contribution is 0.0775. The minimum atomic E-state index is -0.232. The molecule has 0 bridgehead atoms. The number of pyridine rings is 1. The summed E-state index contributed by atoms with van der Waals surface area (Å²) in [7, 11) is 0. The van der Waals surface area contributed by atoms with Gasteiger partial charge in [0.05, 0.1) is 18.5 Å². The van der Waals surface area contributed by atoms with E-state index in [1.54, 1.807) is 11.0 Å². The monoisotopic (exact) mass is 265 g/mol. The number of rotatable bonds is 3. The van der Waals surface area contributed by atoms with Crippen LogP contribution in [-0.2, 0) is 11.3 Å². The molecule has 0 atom stereocenters. The van der Waals surface area contributed by atoms with Crippen molar-refractivity contribution >= 4 is 6.09 Å². The first-order chi connectivity index (χ1) is 9.19. The highest BCUT2D eigenvalue weighted by Crippen LogP contribution is 2.10. The Kier molecular flexibility index (Phi) is 4.57. The Morgan fingerprint density at radius 1 is 1.37 bits per heavy atom. The molecule has 2 rings (SSSR count). The molecule has 0 aliphatic carbocycles. The highest BCUT2D eigenvalue weighted by atomic mass is 16.6. The molecule has 1 aromatic heterocycles. The smallest absolute Gasteiger partial charge is 0.409 e. The molecule has 2 heterocycles. The van der Waals surface area contributed by atoms with E-state index in [2.05, 4.69) is 9.88 Å². The molecule has 1 aliphatic rings. The number of nitrogens with zero attached hydrogens (tertiary/aromatic N) is 3. The molecule has 104 valence electrons. The average Bonchev–Trinajstić information content (AvgIpc) is 2.42. The van der Waals surface area contributed by atoms with E-state index in [1.165, 1.54) is 6.20 Å². The lowest BCUT2D eigenvalue weighted by Gasteiger charge is -2.33. The molecule has 1 amide bonds. The van der Waals surface area contributed by atoms with Gasteiger partial charge in [0.1, 0.15) is 5.75 Å². The van der Waals surface area contributed by atoms with Gasteiger partial charge in [-0.25, -0.2) is 4.79 Å². The number of piperazine rings is 1. The zero-order valence-electron chi connectivity index (χ0n) is 11.1. The van der Waals surface area contributed by atoms with Gasteiger partial charge in [0, 0.05) is 32.7 Å². The van der Waals surface area contributed by atoms with E-state index in [4.69, 9.17) is 4.74 Å². The number of aromatic nitrogens is 1. The SMILES string of the molecule is CCOC(=O)N1CCN(Cc2ccc(O)cn2)CC1. The summed E-state index contributed by atoms with van der Waals surface area (Å²) in [6.45, 7) is 5.93. The summed E-state index contributed by atoms with van der Waals surface area (Å²) in [6, 6.07) is 3.45. The number of carbonyl (C=O) groups is 1. The molecule has 0 radical (unpaired) electrons. The fourth-order valence-corrected chi connectivity index (χ4v) is 2.04. The van der Waals surface area contributed by atoms with Crippen LogP contribution in [0.3, 0.4) is 0 Å². The Hall–Kier alpha value is -1.82. The van der Waals surface area contributed by atoms with Gasteiger partial charge in [-0.2, -0.15) is 0 Å². The lowest BCUT2D eigenvalue weighted by Crippen LogP contribution is -2.48. The third-order valence-corrected chi connectivity index (χ3v) is 3.09. The van der Waals surface area contributed by atoms with Crippen molar-refractivity contribution in [3.63, 3.8) is 0 Å². The van der Waals surface area contributed by atoms with Crippen molar-refractivity contribution in [1.82, 2.24) is 14.8 Å². The predicted octanol–water partition coefficient (Wildman–Crippen LogP) is 1.06. The average molecular weight is 265 g/mol. The van der Waals surface area contributed by atoms with Crippen LogP contribution in [0.25, 0.3) is 0 Å². The van der Waals surface area contributed by atoms with E-state index in [0.29, 0.717) is 19.7 Å². The van der Waals surface area contributed by atoms with Crippen molar-refractivity contribution in [2.75, 3.05) is 32.8 Å². The van der Waals surface area contributed by atoms with E-state index >= 15 is 0 Å². The maximum Gasteiger partial charge on any atom is 0.409 e. The largest absolute Gasteiger partial charge is 0.506 e. The van der Waals surface area contributed by atoms with Crippen LogP contribution < -0.4 is 0 Å². The topological polar surface area (TPSA) is 65.9 Å². The van der Waals surface area contributed by atoms with Crippen molar-refractivity contribution in [2.24, 2.45) is 0 Å². The van der Waals surface area contributed by atoms with Gasteiger partial charge in [0.25, 0.3) is 0 Å². The van der Waals surface area contributed by atoms with Gasteiger partial charge >= 0.3 is 6.09 Å². The summed E-state index contributed by atoms with van der Waals surface area (Å²) in [5.41, 5.74) is 0.919. The summed E-state index contributed by atoms with van der Waals surface area (Å²) >= 11 is 0. The molecular formula is C13H19N3O3. The third kappa shape index (κ3) is 3.82. The first kappa shape index (κ1) is 13.6. The number of amides is 1. The molecule has 0 saturated carbocycles. The van der Waals surface area contributed by atoms with E-state index in [0.717, 1.165) is 25.3 Å². The second-order valence-corrected chi connectivity index (χ2v) is 4.47. The number of ether oxygens (including phenoxy) is 1. The summed E-state index contributed by atoms with van der Waals surface area (Å²) in [6.07, 6.45) is 1.22. The quantitative estimate of drug-likeness (QED) is 0.885. The molecule has 0 unspecified atom stereocenters. The van der Waals surface area contributed by atoms with Crippen molar-refractivity contribution in [1.29, 1.82) is 0 Å². The zero-order chi connectivity index (χ0) is 13.7. The molecule has 1 fully saturated rings. The summed E-state index contributed by atoms with van der Waals surface area (Å²) < 4.78 is 4.98. The zero-order valence-corrected chi connectivity index (χ0v) is 11.1. The molecular weight excluding hydrogens is 246 g/mol. The van der Waals surface area contributed by atoms with Crippen LogP contribution in [0.15, 0.2) is 18.3 Å². The number of hydrogen-bond acceptors (Lipinski definition) is 5. The van der Waals surface area contributed by atoms with Crippen LogP contribution in [0.4, 0.5) is 4.79 Å². The van der Waals surface area contributed by atoms with Gasteiger partial charge in [-0.3, -0.25) is 9.88 Å². The van der Waals surface area contributed by atoms with Crippen LogP contribution in [0.5, 0.6) is 5.75 Å². The summed E-state index contributed by atoms with van der Waals surface area (Å²) in [4.78, 5) is 19.7. The van der Waals surface area contributed by atoms with Crippen LogP contribution in [0.1, 0.15) is 12.6 Å². The second-order valence-electron chi connectivity index (χ2n) is 4.47. The number of carbonyl (C=O) groups excluding carboxylic acids is 1. The van der Waals surface area contributed by atoms with E-state index < -0.39 is 0 Å². The summed E-state index contributed by atoms with van der Waals surface area (Å²) in [5.74, 6) is 0.177. The Morgan fingerprint density at radius 2 is 2.11 bits per heavy atom. The van der Waals surface area contributed by atoms with E-state index in [1.807, 2.05) is 13.0 Å². The maximum absolute atomic E-state index is 11.5. The third-order valence-electron chi connectivity index (χ3n) is 3.09. The first-order valence-corrected chi connectivity index (χ1v) is 6.47. The molecule has 1 N–H and O–H groups in total. The standard InChI is InChI=1S/C13H19N3O3/c1-2-19-13(18)16-7-5-15(6-8-16)10-11-3-4-12(17)9-14-11/h3-4,9,17H,2,5-8,10H2,1H3. The highest BCUT2D eigenvalue weighted by molar-refractivity contribution is 5.67. The van der Waals surface area contributed by atoms with Crippen LogP contribution in [0, 0.1) is 0 Å². The highest BCUT2D eigenvalue weighted by Gasteiger charge is 2.21. The lowest BCUT2D eigenvalue weighted by atomic mass is 10.3. The second kappa shape index (κ2) is 6.38.